The fraction of sp³-hybridized carbons (Fsp3) is 0.435. The molecule has 0 saturated carbocycles. The average molecular weight is 385 g/mol. The third kappa shape index (κ3) is 6.75. The normalized spacial score (nSPS) is 16.1. The maximum absolute atomic E-state index is 12.8. The van der Waals surface area contributed by atoms with E-state index in [9.17, 15) is 9.90 Å². The van der Waals surface area contributed by atoms with E-state index in [0.717, 1.165) is 11.1 Å². The van der Waals surface area contributed by atoms with Crippen molar-refractivity contribution in [2.75, 3.05) is 0 Å². The van der Waals surface area contributed by atoms with Gasteiger partial charge in [-0.25, -0.2) is 0 Å². The van der Waals surface area contributed by atoms with Gasteiger partial charge in [-0.15, -0.1) is 0 Å². The lowest BCUT2D eigenvalue weighted by molar-refractivity contribution is -0.161. The topological polar surface area (TPSA) is 98.6 Å². The maximum atomic E-state index is 12.8. The van der Waals surface area contributed by atoms with E-state index in [4.69, 9.17) is 16.2 Å². The second kappa shape index (κ2) is 9.82. The Morgan fingerprint density at radius 2 is 1.54 bits per heavy atom. The molecule has 5 heteroatoms. The molecule has 5 nitrogen and oxygen atoms in total. The first-order chi connectivity index (χ1) is 13.2. The van der Waals surface area contributed by atoms with Crippen LogP contribution in [0.2, 0.25) is 0 Å². The van der Waals surface area contributed by atoms with Crippen LogP contribution in [0.5, 0.6) is 0 Å². The first-order valence-electron chi connectivity index (χ1n) is 9.68. The van der Waals surface area contributed by atoms with Gasteiger partial charge >= 0.3 is 5.97 Å². The lowest BCUT2D eigenvalue weighted by Crippen LogP contribution is -2.45. The highest BCUT2D eigenvalue weighted by Crippen LogP contribution is 2.23. The Morgan fingerprint density at radius 1 is 1.00 bits per heavy atom. The van der Waals surface area contributed by atoms with E-state index in [0.29, 0.717) is 6.42 Å². The molecule has 4 unspecified atom stereocenters. The van der Waals surface area contributed by atoms with Crippen molar-refractivity contribution < 1.29 is 14.6 Å². The van der Waals surface area contributed by atoms with E-state index >= 15 is 0 Å². The molecule has 0 aliphatic rings. The first-order valence-corrected chi connectivity index (χ1v) is 9.68. The number of aliphatic hydroxyl groups excluding tert-OH is 1. The van der Waals surface area contributed by atoms with Crippen LogP contribution in [0.4, 0.5) is 0 Å². The third-order valence-corrected chi connectivity index (χ3v) is 4.63. The second-order valence-electron chi connectivity index (χ2n) is 8.24. The van der Waals surface area contributed by atoms with Gasteiger partial charge < -0.3 is 21.3 Å². The highest BCUT2D eigenvalue weighted by molar-refractivity contribution is 5.73. The van der Waals surface area contributed by atoms with E-state index in [1.54, 1.807) is 0 Å². The van der Waals surface area contributed by atoms with E-state index in [-0.39, 0.29) is 12.4 Å². The Labute approximate surface area is 167 Å². The van der Waals surface area contributed by atoms with Gasteiger partial charge in [0.1, 0.15) is 5.60 Å². The van der Waals surface area contributed by atoms with Crippen LogP contribution in [-0.2, 0) is 16.0 Å². The van der Waals surface area contributed by atoms with E-state index in [2.05, 4.69) is 0 Å². The van der Waals surface area contributed by atoms with E-state index in [1.165, 1.54) is 0 Å². The molecule has 0 bridgehead atoms. The molecular formula is C23H32N2O3. The average Bonchev–Trinajstić information content (AvgIpc) is 2.66. The van der Waals surface area contributed by atoms with Gasteiger partial charge in [0.05, 0.1) is 12.0 Å². The number of carbonyl (C=O) groups excluding carboxylic acids is 1. The predicted molar refractivity (Wildman–Crippen MR) is 111 cm³/mol. The Bertz CT molecular complexity index is 729. The van der Waals surface area contributed by atoms with Crippen molar-refractivity contribution in [3.63, 3.8) is 0 Å². The molecule has 0 aliphatic carbocycles. The minimum absolute atomic E-state index is 0.186. The number of esters is 1. The summed E-state index contributed by atoms with van der Waals surface area (Å²) >= 11 is 0. The summed E-state index contributed by atoms with van der Waals surface area (Å²) in [5.41, 5.74) is 13.7. The fourth-order valence-electron chi connectivity index (χ4n) is 3.13. The van der Waals surface area contributed by atoms with Gasteiger partial charge in [-0.3, -0.25) is 4.79 Å². The predicted octanol–water partition coefficient (Wildman–Crippen LogP) is 2.97. The second-order valence-corrected chi connectivity index (χ2v) is 8.24. The van der Waals surface area contributed by atoms with Gasteiger partial charge in [-0.05, 0) is 44.7 Å². The van der Waals surface area contributed by atoms with Crippen molar-refractivity contribution in [3.8, 4) is 0 Å². The third-order valence-electron chi connectivity index (χ3n) is 4.63. The summed E-state index contributed by atoms with van der Waals surface area (Å²) in [6, 6.07) is 17.9. The highest BCUT2D eigenvalue weighted by Gasteiger charge is 2.31. The molecule has 0 amide bonds. The van der Waals surface area contributed by atoms with E-state index < -0.39 is 29.7 Å². The van der Waals surface area contributed by atoms with Crippen molar-refractivity contribution in [2.45, 2.75) is 57.4 Å². The SMILES string of the molecule is CC(C)(C)OC(=O)C(Cc1ccccc1)CC(O)C(N)C(N)c1ccccc1. The zero-order valence-corrected chi connectivity index (χ0v) is 16.9. The van der Waals surface area contributed by atoms with Crippen LogP contribution in [0, 0.1) is 5.92 Å². The molecule has 0 spiro atoms. The maximum Gasteiger partial charge on any atom is 0.309 e. The fourth-order valence-corrected chi connectivity index (χ4v) is 3.13. The summed E-state index contributed by atoms with van der Waals surface area (Å²) in [6.45, 7) is 5.49. The molecule has 2 rings (SSSR count). The summed E-state index contributed by atoms with van der Waals surface area (Å²) in [4.78, 5) is 12.8. The lowest BCUT2D eigenvalue weighted by atomic mass is 9.88. The smallest absolute Gasteiger partial charge is 0.309 e. The van der Waals surface area contributed by atoms with Crippen LogP contribution in [0.1, 0.15) is 44.4 Å². The zero-order chi connectivity index (χ0) is 20.7. The van der Waals surface area contributed by atoms with Gasteiger partial charge in [-0.1, -0.05) is 60.7 Å². The molecule has 2 aromatic rings. The molecule has 5 N–H and O–H groups in total. The molecule has 0 saturated heterocycles. The first kappa shape index (κ1) is 22.1. The monoisotopic (exact) mass is 384 g/mol. The van der Waals surface area contributed by atoms with Crippen molar-refractivity contribution >= 4 is 5.97 Å². The van der Waals surface area contributed by atoms with Crippen LogP contribution >= 0.6 is 0 Å². The van der Waals surface area contributed by atoms with Crippen LogP contribution in [0.3, 0.4) is 0 Å². The Kier molecular flexibility index (Phi) is 7.75. The van der Waals surface area contributed by atoms with E-state index in [1.807, 2.05) is 81.4 Å². The minimum atomic E-state index is -0.934. The van der Waals surface area contributed by atoms with Crippen LogP contribution < -0.4 is 11.5 Å². The molecule has 0 radical (unpaired) electrons. The molecule has 2 aromatic carbocycles. The van der Waals surface area contributed by atoms with Gasteiger partial charge in [0.25, 0.3) is 0 Å². The molecular weight excluding hydrogens is 352 g/mol. The highest BCUT2D eigenvalue weighted by atomic mass is 16.6. The summed E-state index contributed by atoms with van der Waals surface area (Å²) in [5.74, 6) is -0.846. The van der Waals surface area contributed by atoms with Crippen LogP contribution in [0.25, 0.3) is 0 Å². The Morgan fingerprint density at radius 3 is 2.07 bits per heavy atom. The van der Waals surface area contributed by atoms with Crippen molar-refractivity contribution in [2.24, 2.45) is 17.4 Å². The van der Waals surface area contributed by atoms with Gasteiger partial charge in [0.15, 0.2) is 0 Å². The number of aliphatic hydroxyl groups is 1. The molecule has 4 atom stereocenters. The summed E-state index contributed by atoms with van der Waals surface area (Å²) in [6.07, 6.45) is -0.276. The molecule has 0 aromatic heterocycles. The number of nitrogens with two attached hydrogens (primary N) is 2. The summed E-state index contributed by atoms with van der Waals surface area (Å²) in [7, 11) is 0. The molecule has 28 heavy (non-hydrogen) atoms. The number of hydrogen-bond acceptors (Lipinski definition) is 5. The number of carbonyl (C=O) groups is 1. The molecule has 0 fully saturated rings. The largest absolute Gasteiger partial charge is 0.460 e. The quantitative estimate of drug-likeness (QED) is 0.608. The van der Waals surface area contributed by atoms with Crippen LogP contribution in [-0.4, -0.2) is 28.8 Å². The number of benzene rings is 2. The molecule has 0 heterocycles. The molecule has 152 valence electrons. The van der Waals surface area contributed by atoms with Gasteiger partial charge in [0.2, 0.25) is 0 Å². The van der Waals surface area contributed by atoms with Crippen molar-refractivity contribution in [1.29, 1.82) is 0 Å². The Balaban J connectivity index is 2.12. The van der Waals surface area contributed by atoms with Crippen molar-refractivity contribution in [1.82, 2.24) is 0 Å². The number of hydrogen-bond donors (Lipinski definition) is 3. The van der Waals surface area contributed by atoms with Gasteiger partial charge in [-0.2, -0.15) is 0 Å². The number of rotatable bonds is 8. The minimum Gasteiger partial charge on any atom is -0.460 e. The van der Waals surface area contributed by atoms with Crippen molar-refractivity contribution in [3.05, 3.63) is 71.8 Å². The van der Waals surface area contributed by atoms with Crippen LogP contribution in [0.15, 0.2) is 60.7 Å². The number of ether oxygens (including phenoxy) is 1. The lowest BCUT2D eigenvalue weighted by Gasteiger charge is -2.29. The molecule has 0 aliphatic heterocycles. The standard InChI is InChI=1S/C23H32N2O3/c1-23(2,3)28-22(27)18(14-16-10-6-4-7-11-16)15-19(26)21(25)20(24)17-12-8-5-9-13-17/h4-13,18-21,26H,14-15,24-25H2,1-3H3. The summed E-state index contributed by atoms with van der Waals surface area (Å²) in [5, 5.41) is 10.7. The Hall–Kier alpha value is -2.21. The van der Waals surface area contributed by atoms with Gasteiger partial charge in [0, 0.05) is 12.1 Å². The summed E-state index contributed by atoms with van der Waals surface area (Å²) < 4.78 is 5.58. The zero-order valence-electron chi connectivity index (χ0n) is 16.9.